The fourth-order valence-corrected chi connectivity index (χ4v) is 2.08. The van der Waals surface area contributed by atoms with Crippen LogP contribution < -0.4 is 4.74 Å². The van der Waals surface area contributed by atoms with E-state index in [1.54, 1.807) is 0 Å². The molecule has 0 aliphatic rings. The van der Waals surface area contributed by atoms with Crippen molar-refractivity contribution in [3.05, 3.63) is 22.7 Å². The summed E-state index contributed by atoms with van der Waals surface area (Å²) in [6, 6.07) is 0.580. The van der Waals surface area contributed by atoms with Crippen molar-refractivity contribution in [2.45, 2.75) is 4.90 Å². The molecule has 0 amide bonds. The molecule has 0 unspecified atom stereocenters. The van der Waals surface area contributed by atoms with Gasteiger partial charge in [-0.25, -0.2) is 17.2 Å². The summed E-state index contributed by atoms with van der Waals surface area (Å²) in [4.78, 5) is -0.924. The first-order valence-corrected chi connectivity index (χ1v) is 6.14. The molecule has 0 aliphatic carbocycles. The van der Waals surface area contributed by atoms with Crippen molar-refractivity contribution >= 4 is 31.3 Å². The van der Waals surface area contributed by atoms with Crippen molar-refractivity contribution in [1.82, 2.24) is 0 Å². The summed E-state index contributed by atoms with van der Waals surface area (Å²) < 4.78 is 52.5. The molecule has 84 valence electrons. The lowest BCUT2D eigenvalue weighted by atomic mass is 10.3. The predicted octanol–water partition coefficient (Wildman–Crippen LogP) is 2.55. The Bertz CT molecular complexity index is 501. The van der Waals surface area contributed by atoms with Crippen molar-refractivity contribution in [1.29, 1.82) is 0 Å². The highest BCUT2D eigenvalue weighted by Crippen LogP contribution is 2.33. The van der Waals surface area contributed by atoms with Gasteiger partial charge in [-0.3, -0.25) is 0 Å². The number of methoxy groups -OCH3 is 1. The standard InChI is InChI=1S/C7H4Cl2F2O3S/c1-14-7-5(10)3(8)2-4(6(7)11)15(9,12)13/h2H,1H3. The van der Waals surface area contributed by atoms with Gasteiger partial charge in [0.15, 0.2) is 17.4 Å². The van der Waals surface area contributed by atoms with Crippen molar-refractivity contribution in [3.63, 3.8) is 0 Å². The maximum Gasteiger partial charge on any atom is 0.264 e. The number of benzene rings is 1. The van der Waals surface area contributed by atoms with E-state index in [1.165, 1.54) is 0 Å². The van der Waals surface area contributed by atoms with Gasteiger partial charge in [0, 0.05) is 10.7 Å². The Morgan fingerprint density at radius 2 is 1.87 bits per heavy atom. The highest BCUT2D eigenvalue weighted by molar-refractivity contribution is 8.13. The maximum atomic E-state index is 13.3. The van der Waals surface area contributed by atoms with Gasteiger partial charge in [-0.1, -0.05) is 11.6 Å². The number of rotatable bonds is 2. The number of hydrogen-bond donors (Lipinski definition) is 0. The van der Waals surface area contributed by atoms with Crippen LogP contribution in [0, 0.1) is 11.6 Å². The summed E-state index contributed by atoms with van der Waals surface area (Å²) in [5, 5.41) is -0.590. The fraction of sp³-hybridized carbons (Fsp3) is 0.143. The second-order valence-corrected chi connectivity index (χ2v) is 5.40. The minimum atomic E-state index is -4.34. The minimum absolute atomic E-state index is 0.580. The lowest BCUT2D eigenvalue weighted by Crippen LogP contribution is -2.01. The molecule has 8 heteroatoms. The molecule has 3 nitrogen and oxygen atoms in total. The maximum absolute atomic E-state index is 13.3. The number of hydrogen-bond acceptors (Lipinski definition) is 3. The Kier molecular flexibility index (Phi) is 3.42. The van der Waals surface area contributed by atoms with Crippen LogP contribution in [-0.2, 0) is 9.05 Å². The van der Waals surface area contributed by atoms with Crippen LogP contribution in [0.2, 0.25) is 5.02 Å². The second-order valence-electron chi connectivity index (χ2n) is 2.46. The van der Waals surface area contributed by atoms with Gasteiger partial charge in [-0.2, -0.15) is 0 Å². The molecule has 0 N–H and O–H groups in total. The van der Waals surface area contributed by atoms with Gasteiger partial charge >= 0.3 is 0 Å². The lowest BCUT2D eigenvalue weighted by molar-refractivity contribution is 0.354. The Balaban J connectivity index is 3.66. The van der Waals surface area contributed by atoms with E-state index in [2.05, 4.69) is 4.74 Å². The third kappa shape index (κ3) is 2.32. The molecule has 0 heterocycles. The summed E-state index contributed by atoms with van der Waals surface area (Å²) in [6.45, 7) is 0. The summed E-state index contributed by atoms with van der Waals surface area (Å²) in [7, 11) is 1.55. The molecule has 0 bridgehead atoms. The highest BCUT2D eigenvalue weighted by Gasteiger charge is 2.25. The Morgan fingerprint density at radius 3 is 2.27 bits per heavy atom. The summed E-state index contributed by atoms with van der Waals surface area (Å²) >= 11 is 5.33. The number of halogens is 4. The molecule has 0 fully saturated rings. The second kappa shape index (κ2) is 4.11. The minimum Gasteiger partial charge on any atom is -0.491 e. The third-order valence-electron chi connectivity index (χ3n) is 1.55. The lowest BCUT2D eigenvalue weighted by Gasteiger charge is -2.07. The fourth-order valence-electron chi connectivity index (χ4n) is 0.915. The number of ether oxygens (including phenoxy) is 1. The first kappa shape index (κ1) is 12.5. The quantitative estimate of drug-likeness (QED) is 0.616. The van der Waals surface area contributed by atoms with Gasteiger partial charge in [-0.15, -0.1) is 0 Å². The molecule has 0 radical (unpaired) electrons. The van der Waals surface area contributed by atoms with Gasteiger partial charge in [0.1, 0.15) is 4.90 Å². The van der Waals surface area contributed by atoms with E-state index in [4.69, 9.17) is 22.3 Å². The van der Waals surface area contributed by atoms with Gasteiger partial charge < -0.3 is 4.74 Å². The third-order valence-corrected chi connectivity index (χ3v) is 3.15. The zero-order valence-electron chi connectivity index (χ0n) is 7.22. The zero-order chi connectivity index (χ0) is 11.8. The average Bonchev–Trinajstić information content (AvgIpc) is 2.10. The molecule has 1 aromatic carbocycles. The molecule has 0 aromatic heterocycles. The van der Waals surface area contributed by atoms with E-state index >= 15 is 0 Å². The van der Waals surface area contributed by atoms with E-state index < -0.39 is 36.4 Å². The van der Waals surface area contributed by atoms with Crippen molar-refractivity contribution in [2.24, 2.45) is 0 Å². The van der Waals surface area contributed by atoms with E-state index in [0.717, 1.165) is 7.11 Å². The van der Waals surface area contributed by atoms with Crippen LogP contribution in [0.25, 0.3) is 0 Å². The molecule has 0 aliphatic heterocycles. The average molecular weight is 277 g/mol. The molecule has 1 rings (SSSR count). The first-order valence-electron chi connectivity index (χ1n) is 3.45. The molecule has 0 atom stereocenters. The first-order chi connectivity index (χ1) is 6.79. The van der Waals surface area contributed by atoms with Crippen LogP contribution in [0.1, 0.15) is 0 Å². The van der Waals surface area contributed by atoms with Crippen LogP contribution in [0.5, 0.6) is 5.75 Å². The van der Waals surface area contributed by atoms with E-state index in [0.29, 0.717) is 6.07 Å². The zero-order valence-corrected chi connectivity index (χ0v) is 9.55. The molecule has 0 spiro atoms. The molecule has 15 heavy (non-hydrogen) atoms. The SMILES string of the molecule is COc1c(F)c(Cl)cc(S(=O)(=O)Cl)c1F. The molecule has 0 saturated carbocycles. The summed E-state index contributed by atoms with van der Waals surface area (Å²) in [5.41, 5.74) is 0. The normalized spacial score (nSPS) is 11.5. The van der Waals surface area contributed by atoms with Gasteiger partial charge in [0.2, 0.25) is 0 Å². The van der Waals surface area contributed by atoms with Gasteiger partial charge in [-0.05, 0) is 6.07 Å². The Morgan fingerprint density at radius 1 is 1.33 bits per heavy atom. The Labute approximate surface area is 94.0 Å². The van der Waals surface area contributed by atoms with E-state index in [-0.39, 0.29) is 0 Å². The van der Waals surface area contributed by atoms with E-state index in [9.17, 15) is 17.2 Å². The Hall–Kier alpha value is -0.590. The van der Waals surface area contributed by atoms with Crippen LogP contribution in [0.4, 0.5) is 8.78 Å². The topological polar surface area (TPSA) is 43.4 Å². The van der Waals surface area contributed by atoms with Gasteiger partial charge in [0.25, 0.3) is 9.05 Å². The van der Waals surface area contributed by atoms with Crippen LogP contribution in [0.15, 0.2) is 11.0 Å². The molecule has 1 aromatic rings. The summed E-state index contributed by atoms with van der Waals surface area (Å²) in [6.07, 6.45) is 0. The highest BCUT2D eigenvalue weighted by atomic mass is 35.7. The van der Waals surface area contributed by atoms with Crippen LogP contribution in [0.3, 0.4) is 0 Å². The van der Waals surface area contributed by atoms with Crippen LogP contribution in [-0.4, -0.2) is 15.5 Å². The summed E-state index contributed by atoms with van der Waals surface area (Å²) in [5.74, 6) is -3.48. The van der Waals surface area contributed by atoms with Crippen molar-refractivity contribution in [3.8, 4) is 5.75 Å². The van der Waals surface area contributed by atoms with Crippen LogP contribution >= 0.6 is 22.3 Å². The smallest absolute Gasteiger partial charge is 0.264 e. The largest absolute Gasteiger partial charge is 0.491 e. The van der Waals surface area contributed by atoms with Crippen molar-refractivity contribution < 1.29 is 21.9 Å². The molecule has 0 saturated heterocycles. The van der Waals surface area contributed by atoms with Crippen molar-refractivity contribution in [2.75, 3.05) is 7.11 Å². The van der Waals surface area contributed by atoms with Gasteiger partial charge in [0.05, 0.1) is 12.1 Å². The molecular formula is C7H4Cl2F2O3S. The monoisotopic (exact) mass is 276 g/mol. The molecular weight excluding hydrogens is 273 g/mol. The predicted molar refractivity (Wildman–Crippen MR) is 51.0 cm³/mol. The van der Waals surface area contributed by atoms with E-state index in [1.807, 2.05) is 0 Å².